The molecule has 176 valence electrons. The molecule has 0 saturated carbocycles. The molecule has 0 aliphatic heterocycles. The van der Waals surface area contributed by atoms with E-state index >= 15 is 0 Å². The highest BCUT2D eigenvalue weighted by molar-refractivity contribution is 8.77. The fourth-order valence-corrected chi connectivity index (χ4v) is 5.51. The van der Waals surface area contributed by atoms with Gasteiger partial charge in [-0.1, -0.05) is 43.2 Å². The molecule has 4 atom stereocenters. The highest BCUT2D eigenvalue weighted by atomic mass is 33.1. The van der Waals surface area contributed by atoms with Gasteiger partial charge in [-0.15, -0.1) is 0 Å². The summed E-state index contributed by atoms with van der Waals surface area (Å²) in [6, 6.07) is -3.16. The quantitative estimate of drug-likeness (QED) is 0.0895. The van der Waals surface area contributed by atoms with Crippen molar-refractivity contribution in [2.24, 2.45) is 22.9 Å². The molecule has 0 spiro atoms. The average molecular weight is 509 g/mol. The van der Waals surface area contributed by atoms with E-state index in [0.717, 1.165) is 0 Å². The van der Waals surface area contributed by atoms with Crippen molar-refractivity contribution in [3.63, 3.8) is 0 Å². The molecule has 0 rings (SSSR count). The lowest BCUT2D eigenvalue weighted by Crippen LogP contribution is -2.34. The molecule has 0 radical (unpaired) electrons. The van der Waals surface area contributed by atoms with Gasteiger partial charge in [0.2, 0.25) is 0 Å². The van der Waals surface area contributed by atoms with Crippen LogP contribution >= 0.6 is 43.2 Å². The standard InChI is InChI=1S/C8H16N2O4S2.C6H12N2O4S2/c1-13-7(11)5(9)3-15-16-4-6(10)8(12)14-2;7-3(5(9)10)1-13-14-2-4(8)6(11)12/h5-6H,3-4,9-10H2,1-2H3;3-4H,1-2,7-8H2,(H,9,10)(H,11,12)/t5-,6-;3-,4-/m00/s1. The van der Waals surface area contributed by atoms with Crippen molar-refractivity contribution in [1.82, 2.24) is 0 Å². The molecule has 0 amide bonds. The number of nitrogens with two attached hydrogens (primary N) is 4. The minimum atomic E-state index is -1.07. The molecule has 10 N–H and O–H groups in total. The second kappa shape index (κ2) is 18.9. The van der Waals surface area contributed by atoms with Crippen molar-refractivity contribution in [2.45, 2.75) is 24.2 Å². The fourth-order valence-electron chi connectivity index (χ4n) is 1.07. The first-order chi connectivity index (χ1) is 14.0. The molecule has 0 fully saturated rings. The summed E-state index contributed by atoms with van der Waals surface area (Å²) in [7, 11) is 7.70. The first kappa shape index (κ1) is 31.3. The molecule has 0 aliphatic rings. The molecular weight excluding hydrogens is 480 g/mol. The molecular formula is C14H28N4O8S4. The normalized spacial score (nSPS) is 14.3. The van der Waals surface area contributed by atoms with Gasteiger partial charge in [-0.2, -0.15) is 0 Å². The Morgan fingerprint density at radius 1 is 0.633 bits per heavy atom. The Morgan fingerprint density at radius 3 is 1.07 bits per heavy atom. The van der Waals surface area contributed by atoms with E-state index in [9.17, 15) is 19.2 Å². The van der Waals surface area contributed by atoms with Gasteiger partial charge in [-0.3, -0.25) is 19.2 Å². The van der Waals surface area contributed by atoms with Crippen molar-refractivity contribution in [2.75, 3.05) is 37.2 Å². The molecule has 0 aliphatic carbocycles. The van der Waals surface area contributed by atoms with E-state index in [4.69, 9.17) is 33.1 Å². The summed E-state index contributed by atoms with van der Waals surface area (Å²) in [5, 5.41) is 16.8. The third-order valence-corrected chi connectivity index (χ3v) is 7.75. The zero-order valence-electron chi connectivity index (χ0n) is 16.4. The summed E-state index contributed by atoms with van der Waals surface area (Å²) in [6.07, 6.45) is 0. The van der Waals surface area contributed by atoms with Gasteiger partial charge < -0.3 is 42.6 Å². The number of ether oxygens (including phenoxy) is 2. The Hall–Kier alpha value is -0.880. The third-order valence-electron chi connectivity index (χ3n) is 2.80. The number of methoxy groups -OCH3 is 2. The van der Waals surface area contributed by atoms with Gasteiger partial charge in [0.05, 0.1) is 14.2 Å². The maximum Gasteiger partial charge on any atom is 0.323 e. The number of aliphatic carboxylic acids is 2. The summed E-state index contributed by atoms with van der Waals surface area (Å²) in [6.45, 7) is 0. The molecule has 0 unspecified atom stereocenters. The summed E-state index contributed by atoms with van der Waals surface area (Å²) in [4.78, 5) is 42.4. The molecule has 30 heavy (non-hydrogen) atoms. The number of carbonyl (C=O) groups is 4. The molecule has 0 aromatic heterocycles. The maximum absolute atomic E-state index is 10.9. The van der Waals surface area contributed by atoms with Crippen molar-refractivity contribution >= 4 is 67.1 Å². The monoisotopic (exact) mass is 508 g/mol. The Labute approximate surface area is 190 Å². The molecule has 16 heteroatoms. The third kappa shape index (κ3) is 16.9. The lowest BCUT2D eigenvalue weighted by molar-refractivity contribution is -0.142. The fraction of sp³-hybridized carbons (Fsp3) is 0.714. The van der Waals surface area contributed by atoms with E-state index in [1.165, 1.54) is 57.4 Å². The van der Waals surface area contributed by atoms with Crippen LogP contribution in [0.2, 0.25) is 0 Å². The van der Waals surface area contributed by atoms with Crippen LogP contribution in [0.4, 0.5) is 0 Å². The van der Waals surface area contributed by atoms with Gasteiger partial charge in [0, 0.05) is 23.0 Å². The van der Waals surface area contributed by atoms with Crippen LogP contribution in [-0.2, 0) is 28.7 Å². The van der Waals surface area contributed by atoms with Gasteiger partial charge in [0.25, 0.3) is 0 Å². The van der Waals surface area contributed by atoms with Gasteiger partial charge in [0.1, 0.15) is 24.2 Å². The van der Waals surface area contributed by atoms with Gasteiger partial charge in [-0.25, -0.2) is 0 Å². The number of carboxylic acid groups (broad SMARTS) is 2. The summed E-state index contributed by atoms with van der Waals surface area (Å²) in [5.41, 5.74) is 21.4. The van der Waals surface area contributed by atoms with E-state index in [1.807, 2.05) is 0 Å². The smallest absolute Gasteiger partial charge is 0.323 e. The van der Waals surface area contributed by atoms with Crippen molar-refractivity contribution < 1.29 is 38.9 Å². The topological polar surface area (TPSA) is 231 Å². The second-order valence-electron chi connectivity index (χ2n) is 5.29. The lowest BCUT2D eigenvalue weighted by Gasteiger charge is -2.10. The Balaban J connectivity index is 0. The van der Waals surface area contributed by atoms with Crippen LogP contribution in [0.15, 0.2) is 0 Å². The summed E-state index contributed by atoms with van der Waals surface area (Å²) < 4.78 is 8.92. The number of carbonyl (C=O) groups excluding carboxylic acids is 2. The highest BCUT2D eigenvalue weighted by Gasteiger charge is 2.16. The van der Waals surface area contributed by atoms with Crippen LogP contribution in [0.1, 0.15) is 0 Å². The zero-order valence-corrected chi connectivity index (χ0v) is 19.7. The van der Waals surface area contributed by atoms with Crippen molar-refractivity contribution in [1.29, 1.82) is 0 Å². The SMILES string of the molecule is COC(=O)[C@@H](N)CSSC[C@H](N)C(=O)OC.N[C@@H](CSSC[C@H](N)C(=O)O)C(=O)O. The summed E-state index contributed by atoms with van der Waals surface area (Å²) >= 11 is 0. The van der Waals surface area contributed by atoms with E-state index in [-0.39, 0.29) is 11.5 Å². The Bertz CT molecular complexity index is 500. The van der Waals surface area contributed by atoms with Gasteiger partial charge in [0.15, 0.2) is 0 Å². The number of esters is 2. The minimum absolute atomic E-state index is 0.229. The molecule has 0 aromatic carbocycles. The maximum atomic E-state index is 10.9. The van der Waals surface area contributed by atoms with E-state index in [1.54, 1.807) is 0 Å². The molecule has 0 bridgehead atoms. The van der Waals surface area contributed by atoms with Crippen LogP contribution < -0.4 is 22.9 Å². The van der Waals surface area contributed by atoms with E-state index in [2.05, 4.69) is 9.47 Å². The first-order valence-corrected chi connectivity index (χ1v) is 13.1. The number of rotatable bonds is 14. The number of hydrogen-bond acceptors (Lipinski definition) is 14. The first-order valence-electron chi connectivity index (χ1n) is 8.10. The van der Waals surface area contributed by atoms with E-state index < -0.39 is 48.0 Å². The van der Waals surface area contributed by atoms with Crippen LogP contribution in [0, 0.1) is 0 Å². The van der Waals surface area contributed by atoms with Crippen molar-refractivity contribution in [3.8, 4) is 0 Å². The molecule has 0 heterocycles. The number of hydrogen-bond donors (Lipinski definition) is 6. The van der Waals surface area contributed by atoms with Crippen LogP contribution in [-0.4, -0.2) is 95.5 Å². The zero-order chi connectivity index (χ0) is 23.7. The molecule has 0 aromatic rings. The summed E-state index contributed by atoms with van der Waals surface area (Å²) in [5.74, 6) is -1.77. The van der Waals surface area contributed by atoms with Gasteiger partial charge in [-0.05, 0) is 0 Å². The van der Waals surface area contributed by atoms with Crippen LogP contribution in [0.5, 0.6) is 0 Å². The molecule has 0 saturated heterocycles. The number of carboxylic acids is 2. The Morgan fingerprint density at radius 2 is 0.867 bits per heavy atom. The van der Waals surface area contributed by atoms with Crippen LogP contribution in [0.25, 0.3) is 0 Å². The average Bonchev–Trinajstić information content (AvgIpc) is 2.72. The predicted octanol–water partition coefficient (Wildman–Crippen LogP) is -1.44. The van der Waals surface area contributed by atoms with E-state index in [0.29, 0.717) is 11.5 Å². The minimum Gasteiger partial charge on any atom is -0.480 e. The predicted molar refractivity (Wildman–Crippen MR) is 121 cm³/mol. The Kier molecular flexibility index (Phi) is 19.7. The molecule has 12 nitrogen and oxygen atoms in total. The largest absolute Gasteiger partial charge is 0.480 e. The second-order valence-corrected chi connectivity index (χ2v) is 10.4. The highest BCUT2D eigenvalue weighted by Crippen LogP contribution is 2.23. The van der Waals surface area contributed by atoms with Crippen molar-refractivity contribution in [3.05, 3.63) is 0 Å². The lowest BCUT2D eigenvalue weighted by atomic mass is 10.4. The van der Waals surface area contributed by atoms with Gasteiger partial charge >= 0.3 is 23.9 Å². The van der Waals surface area contributed by atoms with Crippen LogP contribution in [0.3, 0.4) is 0 Å².